The van der Waals surface area contributed by atoms with Crippen molar-refractivity contribution in [3.63, 3.8) is 0 Å². The maximum Gasteiger partial charge on any atom is 0.236 e. The van der Waals surface area contributed by atoms with Gasteiger partial charge in [-0.2, -0.15) is 4.98 Å². The Morgan fingerprint density at radius 1 is 1.09 bits per heavy atom. The van der Waals surface area contributed by atoms with Crippen LogP contribution in [0.1, 0.15) is 18.4 Å². The van der Waals surface area contributed by atoms with E-state index in [2.05, 4.69) is 37.3 Å². The average Bonchev–Trinajstić information content (AvgIpc) is 3.06. The molecular weight excluding hydrogens is 642 g/mol. The molecule has 15 heteroatoms. The number of aryl methyl sites for hydroxylation is 1. The van der Waals surface area contributed by atoms with Crippen LogP contribution in [0.25, 0.3) is 0 Å². The van der Waals surface area contributed by atoms with Crippen molar-refractivity contribution in [2.24, 2.45) is 11.7 Å². The molecule has 13 nitrogen and oxygen atoms in total. The number of carbonyl (C=O) groups is 1. The van der Waals surface area contributed by atoms with Crippen LogP contribution in [0.4, 0.5) is 34.5 Å². The summed E-state index contributed by atoms with van der Waals surface area (Å²) in [5.74, 6) is 1.91. The number of nitrogens with two attached hydrogens (primary N) is 1. The molecule has 0 radical (unpaired) electrons. The van der Waals surface area contributed by atoms with Crippen LogP contribution < -0.4 is 30.3 Å². The number of piperidine rings is 1. The molecule has 2 aliphatic heterocycles. The maximum absolute atomic E-state index is 12.2. The van der Waals surface area contributed by atoms with Crippen LogP contribution in [0.2, 0.25) is 5.02 Å². The Hall–Kier alpha value is -3.85. The number of anilines is 6. The zero-order valence-electron chi connectivity index (χ0n) is 27.4. The first-order chi connectivity index (χ1) is 22.5. The number of carbonyl (C=O) groups excluding carboxylic acids is 1. The minimum atomic E-state index is -3.49. The van der Waals surface area contributed by atoms with E-state index in [4.69, 9.17) is 22.1 Å². The summed E-state index contributed by atoms with van der Waals surface area (Å²) in [6.07, 6.45) is 4.68. The number of ether oxygens (including phenoxy) is 1. The molecule has 3 aromatic rings. The number of likely N-dealkylation sites (tertiary alicyclic amines) is 1. The van der Waals surface area contributed by atoms with E-state index in [-0.39, 0.29) is 17.5 Å². The second-order valence-electron chi connectivity index (χ2n) is 12.0. The normalized spacial score (nSPS) is 16.2. The number of halogens is 1. The fourth-order valence-electron chi connectivity index (χ4n) is 6.11. The average molecular weight is 686 g/mol. The molecule has 47 heavy (non-hydrogen) atoms. The highest BCUT2D eigenvalue weighted by atomic mass is 35.5. The Bertz CT molecular complexity index is 1680. The zero-order chi connectivity index (χ0) is 33.7. The van der Waals surface area contributed by atoms with Gasteiger partial charge in [0.25, 0.3) is 0 Å². The van der Waals surface area contributed by atoms with Gasteiger partial charge in [-0.3, -0.25) is 14.0 Å². The summed E-state index contributed by atoms with van der Waals surface area (Å²) in [4.78, 5) is 27.7. The predicted octanol–water partition coefficient (Wildman–Crippen LogP) is 3.65. The third-order valence-electron chi connectivity index (χ3n) is 8.87. The summed E-state index contributed by atoms with van der Waals surface area (Å²) >= 11 is 6.45. The van der Waals surface area contributed by atoms with Crippen LogP contribution in [-0.2, 0) is 14.8 Å². The van der Waals surface area contributed by atoms with Gasteiger partial charge in [-0.25, -0.2) is 13.4 Å². The number of sulfonamides is 1. The van der Waals surface area contributed by atoms with E-state index < -0.39 is 10.0 Å². The third kappa shape index (κ3) is 8.36. The van der Waals surface area contributed by atoms with Gasteiger partial charge < -0.3 is 30.9 Å². The molecule has 2 aliphatic rings. The first kappa shape index (κ1) is 34.5. The molecule has 1 aromatic heterocycles. The Morgan fingerprint density at radius 2 is 1.79 bits per heavy atom. The van der Waals surface area contributed by atoms with Gasteiger partial charge >= 0.3 is 0 Å². The van der Waals surface area contributed by atoms with Crippen molar-refractivity contribution >= 4 is 62.0 Å². The van der Waals surface area contributed by atoms with Gasteiger partial charge in [-0.1, -0.05) is 23.7 Å². The number of piperazine rings is 1. The number of hydrogen-bond acceptors (Lipinski definition) is 11. The molecule has 254 valence electrons. The van der Waals surface area contributed by atoms with Gasteiger partial charge in [0.2, 0.25) is 21.9 Å². The van der Waals surface area contributed by atoms with Crippen LogP contribution in [0.5, 0.6) is 5.75 Å². The summed E-state index contributed by atoms with van der Waals surface area (Å²) < 4.78 is 31.4. The van der Waals surface area contributed by atoms with Gasteiger partial charge in [0, 0.05) is 64.6 Å². The Labute approximate surface area is 282 Å². The minimum Gasteiger partial charge on any atom is -0.494 e. The van der Waals surface area contributed by atoms with E-state index >= 15 is 0 Å². The summed E-state index contributed by atoms with van der Waals surface area (Å²) in [6, 6.07) is 11.1. The van der Waals surface area contributed by atoms with Crippen molar-refractivity contribution in [2.75, 3.05) is 92.6 Å². The minimum absolute atomic E-state index is 0.0462. The Morgan fingerprint density at radius 3 is 2.45 bits per heavy atom. The van der Waals surface area contributed by atoms with E-state index in [1.165, 1.54) is 17.5 Å². The van der Waals surface area contributed by atoms with Crippen molar-refractivity contribution < 1.29 is 17.9 Å². The number of rotatable bonds is 11. The monoisotopic (exact) mass is 685 g/mol. The molecule has 0 aliphatic carbocycles. The zero-order valence-corrected chi connectivity index (χ0v) is 28.9. The van der Waals surface area contributed by atoms with Crippen molar-refractivity contribution in [1.29, 1.82) is 0 Å². The molecule has 1 amide bonds. The highest BCUT2D eigenvalue weighted by Crippen LogP contribution is 2.36. The van der Waals surface area contributed by atoms with E-state index in [1.54, 1.807) is 31.4 Å². The molecule has 4 N–H and O–H groups in total. The second-order valence-corrected chi connectivity index (χ2v) is 14.5. The van der Waals surface area contributed by atoms with E-state index in [1.807, 2.05) is 17.0 Å². The lowest BCUT2D eigenvalue weighted by molar-refractivity contribution is -0.131. The lowest BCUT2D eigenvalue weighted by Gasteiger charge is -2.40. The molecule has 5 rings (SSSR count). The molecule has 2 fully saturated rings. The molecule has 2 aromatic carbocycles. The van der Waals surface area contributed by atoms with E-state index in [0.29, 0.717) is 40.5 Å². The highest BCUT2D eigenvalue weighted by Gasteiger charge is 2.26. The van der Waals surface area contributed by atoms with Crippen LogP contribution >= 0.6 is 11.6 Å². The molecule has 0 saturated carbocycles. The Kier molecular flexibility index (Phi) is 11.0. The number of amides is 1. The first-order valence-electron chi connectivity index (χ1n) is 15.7. The number of benzene rings is 2. The molecule has 0 spiro atoms. The first-order valence-corrected chi connectivity index (χ1v) is 17.9. The molecule has 0 atom stereocenters. The van der Waals surface area contributed by atoms with Crippen LogP contribution in [-0.4, -0.2) is 107 Å². The fourth-order valence-corrected chi connectivity index (χ4v) is 6.77. The van der Waals surface area contributed by atoms with Crippen molar-refractivity contribution in [3.8, 4) is 5.75 Å². The number of nitrogens with zero attached hydrogens (tertiary/aromatic N) is 6. The number of para-hydroxylation sites is 2. The standard InChI is InChI=1S/C32H44ClN9O4S/c1-22-17-26(37-32-35-20-24(33)31(38-32)36-25-7-5-6-8-27(25)39(2)47(4,44)45)29(46-3)18-28(22)41-15-13-40(14-16-41)21-23-9-11-42(12-10-23)30(43)19-34/h5-8,17-18,20,23H,9-16,19,21,34H2,1-4H3,(H2,35,36,37,38). The molecule has 0 bridgehead atoms. The number of methoxy groups -OCH3 is 1. The van der Waals surface area contributed by atoms with Gasteiger partial charge in [0.1, 0.15) is 10.8 Å². The van der Waals surface area contributed by atoms with Crippen LogP contribution in [0.15, 0.2) is 42.6 Å². The van der Waals surface area contributed by atoms with Crippen molar-refractivity contribution in [2.45, 2.75) is 19.8 Å². The topological polar surface area (TPSA) is 149 Å². The molecule has 3 heterocycles. The summed E-state index contributed by atoms with van der Waals surface area (Å²) in [5, 5.41) is 6.70. The molecule has 0 unspecified atom stereocenters. The predicted molar refractivity (Wildman–Crippen MR) is 188 cm³/mol. The lowest BCUT2D eigenvalue weighted by Crippen LogP contribution is -2.49. The van der Waals surface area contributed by atoms with Crippen molar-refractivity contribution in [3.05, 3.63) is 53.2 Å². The quantitative estimate of drug-likeness (QED) is 0.272. The number of aromatic nitrogens is 2. The van der Waals surface area contributed by atoms with Gasteiger partial charge in [-0.15, -0.1) is 0 Å². The van der Waals surface area contributed by atoms with Gasteiger partial charge in [0.15, 0.2) is 5.82 Å². The van der Waals surface area contributed by atoms with Crippen LogP contribution in [0, 0.1) is 12.8 Å². The van der Waals surface area contributed by atoms with Crippen molar-refractivity contribution in [1.82, 2.24) is 19.8 Å². The number of hydrogen-bond donors (Lipinski definition) is 3. The third-order valence-corrected chi connectivity index (χ3v) is 10.3. The fraction of sp³-hybridized carbons (Fsp3) is 0.469. The van der Waals surface area contributed by atoms with Gasteiger partial charge in [0.05, 0.1) is 43.2 Å². The smallest absolute Gasteiger partial charge is 0.236 e. The summed E-state index contributed by atoms with van der Waals surface area (Å²) in [6.45, 7) is 8.59. The Balaban J connectivity index is 1.24. The van der Waals surface area contributed by atoms with Crippen LogP contribution in [0.3, 0.4) is 0 Å². The summed E-state index contributed by atoms with van der Waals surface area (Å²) in [5.41, 5.74) is 9.42. The van der Waals surface area contributed by atoms with Gasteiger partial charge in [-0.05, 0) is 49.4 Å². The molecule has 2 saturated heterocycles. The largest absolute Gasteiger partial charge is 0.494 e. The lowest BCUT2D eigenvalue weighted by atomic mass is 9.95. The number of nitrogens with one attached hydrogen (secondary N) is 2. The van der Waals surface area contributed by atoms with E-state index in [9.17, 15) is 13.2 Å². The highest BCUT2D eigenvalue weighted by molar-refractivity contribution is 7.92. The second kappa shape index (κ2) is 14.9. The maximum atomic E-state index is 12.2. The van der Waals surface area contributed by atoms with E-state index in [0.717, 1.165) is 76.2 Å². The molecular formula is C32H44ClN9O4S. The summed E-state index contributed by atoms with van der Waals surface area (Å²) in [7, 11) is -0.363. The SMILES string of the molecule is COc1cc(N2CCN(CC3CCN(C(=O)CN)CC3)CC2)c(C)cc1Nc1ncc(Cl)c(Nc2ccccc2N(C)S(C)(=O)=O)n1.